The van der Waals surface area contributed by atoms with Crippen LogP contribution in [0.1, 0.15) is 26.7 Å². The van der Waals surface area contributed by atoms with Crippen molar-refractivity contribution < 1.29 is 9.84 Å². The van der Waals surface area contributed by atoms with E-state index in [1.807, 2.05) is 38.1 Å². The molecule has 0 saturated heterocycles. The molecule has 0 atom stereocenters. The van der Waals surface area contributed by atoms with E-state index in [0.29, 0.717) is 25.3 Å². The first kappa shape index (κ1) is 15.3. The molecule has 5 nitrogen and oxygen atoms in total. The third kappa shape index (κ3) is 4.79. The molecule has 0 aliphatic carbocycles. The van der Waals surface area contributed by atoms with Gasteiger partial charge in [-0.05, 0) is 37.1 Å². The summed E-state index contributed by atoms with van der Waals surface area (Å²) in [4.78, 5) is 4.18. The van der Waals surface area contributed by atoms with Gasteiger partial charge in [0.15, 0.2) is 5.96 Å². The van der Waals surface area contributed by atoms with Gasteiger partial charge in [0.25, 0.3) is 0 Å². The molecule has 0 amide bonds. The Balaban J connectivity index is 2.60. The average molecular weight is 265 g/mol. The van der Waals surface area contributed by atoms with Gasteiger partial charge in [-0.3, -0.25) is 4.99 Å². The van der Waals surface area contributed by atoms with Gasteiger partial charge in [-0.1, -0.05) is 13.8 Å². The van der Waals surface area contributed by atoms with Gasteiger partial charge in [0.05, 0.1) is 19.3 Å². The maximum Gasteiger partial charge on any atom is 0.193 e. The molecule has 19 heavy (non-hydrogen) atoms. The maximum absolute atomic E-state index is 10.1. The average Bonchev–Trinajstić information content (AvgIpc) is 2.45. The SMILES string of the molecule is CCC(O)(CC)CN=C(N)Nc1ccc(OC)cc1. The van der Waals surface area contributed by atoms with E-state index in [0.717, 1.165) is 11.4 Å². The van der Waals surface area contributed by atoms with E-state index in [9.17, 15) is 5.11 Å². The van der Waals surface area contributed by atoms with E-state index in [1.165, 1.54) is 0 Å². The van der Waals surface area contributed by atoms with Gasteiger partial charge in [-0.2, -0.15) is 0 Å². The zero-order chi connectivity index (χ0) is 14.3. The fourth-order valence-electron chi connectivity index (χ4n) is 1.57. The largest absolute Gasteiger partial charge is 0.497 e. The normalized spacial score (nSPS) is 12.3. The van der Waals surface area contributed by atoms with Crippen molar-refractivity contribution >= 4 is 11.6 Å². The van der Waals surface area contributed by atoms with Gasteiger partial charge >= 0.3 is 0 Å². The number of guanidine groups is 1. The molecule has 1 rings (SSSR count). The van der Waals surface area contributed by atoms with Crippen molar-refractivity contribution in [2.75, 3.05) is 19.0 Å². The van der Waals surface area contributed by atoms with Crippen molar-refractivity contribution in [2.45, 2.75) is 32.3 Å². The molecule has 0 spiro atoms. The number of hydrogen-bond donors (Lipinski definition) is 3. The van der Waals surface area contributed by atoms with Crippen molar-refractivity contribution in [3.05, 3.63) is 24.3 Å². The zero-order valence-electron chi connectivity index (χ0n) is 11.8. The van der Waals surface area contributed by atoms with Gasteiger partial charge in [-0.15, -0.1) is 0 Å². The number of methoxy groups -OCH3 is 1. The second kappa shape index (κ2) is 6.99. The summed E-state index contributed by atoms with van der Waals surface area (Å²) in [5, 5.41) is 13.1. The molecule has 0 radical (unpaired) electrons. The van der Waals surface area contributed by atoms with E-state index in [2.05, 4.69) is 10.3 Å². The van der Waals surface area contributed by atoms with E-state index in [-0.39, 0.29) is 0 Å². The van der Waals surface area contributed by atoms with Crippen LogP contribution in [0, 0.1) is 0 Å². The number of nitrogens with one attached hydrogen (secondary N) is 1. The molecule has 0 aliphatic heterocycles. The molecule has 0 unspecified atom stereocenters. The second-order valence-corrected chi connectivity index (χ2v) is 4.49. The Morgan fingerprint density at radius 1 is 1.32 bits per heavy atom. The third-order valence-corrected chi connectivity index (χ3v) is 3.22. The Morgan fingerprint density at radius 3 is 2.37 bits per heavy atom. The molecule has 1 aromatic rings. The minimum absolute atomic E-state index is 0.297. The fourth-order valence-corrected chi connectivity index (χ4v) is 1.57. The standard InChI is InChI=1S/C14H23N3O2/c1-4-14(18,5-2)10-16-13(15)17-11-6-8-12(19-3)9-7-11/h6-9,18H,4-5,10H2,1-3H3,(H3,15,16,17). The molecule has 0 bridgehead atoms. The van der Waals surface area contributed by atoms with Gasteiger partial charge in [0, 0.05) is 5.69 Å². The van der Waals surface area contributed by atoms with Crippen molar-refractivity contribution in [3.8, 4) is 5.75 Å². The predicted molar refractivity (Wildman–Crippen MR) is 78.6 cm³/mol. The highest BCUT2D eigenvalue weighted by atomic mass is 16.5. The van der Waals surface area contributed by atoms with Crippen LogP contribution in [0.15, 0.2) is 29.3 Å². The molecule has 0 aliphatic rings. The molecule has 0 fully saturated rings. The number of aliphatic hydroxyl groups is 1. The molecule has 1 aromatic carbocycles. The number of hydrogen-bond acceptors (Lipinski definition) is 3. The molecule has 5 heteroatoms. The van der Waals surface area contributed by atoms with Crippen LogP contribution in [0.3, 0.4) is 0 Å². The van der Waals surface area contributed by atoms with E-state index in [4.69, 9.17) is 10.5 Å². The fraction of sp³-hybridized carbons (Fsp3) is 0.500. The lowest BCUT2D eigenvalue weighted by atomic mass is 9.98. The third-order valence-electron chi connectivity index (χ3n) is 3.22. The number of benzene rings is 1. The summed E-state index contributed by atoms with van der Waals surface area (Å²) in [6.07, 6.45) is 1.31. The van der Waals surface area contributed by atoms with Crippen LogP contribution < -0.4 is 15.8 Å². The zero-order valence-corrected chi connectivity index (χ0v) is 11.8. The van der Waals surface area contributed by atoms with Crippen LogP contribution in [-0.2, 0) is 0 Å². The monoisotopic (exact) mass is 265 g/mol. The van der Waals surface area contributed by atoms with Crippen LogP contribution >= 0.6 is 0 Å². The van der Waals surface area contributed by atoms with Crippen LogP contribution in [0.2, 0.25) is 0 Å². The van der Waals surface area contributed by atoms with Crippen molar-refractivity contribution in [2.24, 2.45) is 10.7 Å². The lowest BCUT2D eigenvalue weighted by Crippen LogP contribution is -2.33. The van der Waals surface area contributed by atoms with Crippen LogP contribution in [0.5, 0.6) is 5.75 Å². The molecular weight excluding hydrogens is 242 g/mol. The smallest absolute Gasteiger partial charge is 0.193 e. The lowest BCUT2D eigenvalue weighted by molar-refractivity contribution is 0.0419. The van der Waals surface area contributed by atoms with Gasteiger partial charge in [0.2, 0.25) is 0 Å². The van der Waals surface area contributed by atoms with Crippen molar-refractivity contribution in [3.63, 3.8) is 0 Å². The highest BCUT2D eigenvalue weighted by Gasteiger charge is 2.21. The van der Waals surface area contributed by atoms with Crippen LogP contribution in [0.25, 0.3) is 0 Å². The number of ether oxygens (including phenoxy) is 1. The Bertz CT molecular complexity index is 411. The Kier molecular flexibility index (Phi) is 5.63. The maximum atomic E-state index is 10.1. The summed E-state index contributed by atoms with van der Waals surface area (Å²) in [6, 6.07) is 7.38. The van der Waals surface area contributed by atoms with Gasteiger partial charge in [-0.25, -0.2) is 0 Å². The predicted octanol–water partition coefficient (Wildman–Crippen LogP) is 1.97. The minimum atomic E-state index is -0.772. The Hall–Kier alpha value is -1.75. The minimum Gasteiger partial charge on any atom is -0.497 e. The first-order valence-corrected chi connectivity index (χ1v) is 6.46. The number of anilines is 1. The quantitative estimate of drug-likeness (QED) is 0.542. The first-order valence-electron chi connectivity index (χ1n) is 6.46. The van der Waals surface area contributed by atoms with Gasteiger partial charge < -0.3 is 20.9 Å². The van der Waals surface area contributed by atoms with Crippen LogP contribution in [0.4, 0.5) is 5.69 Å². The van der Waals surface area contributed by atoms with E-state index >= 15 is 0 Å². The van der Waals surface area contributed by atoms with Gasteiger partial charge in [0.1, 0.15) is 5.75 Å². The van der Waals surface area contributed by atoms with E-state index < -0.39 is 5.60 Å². The summed E-state index contributed by atoms with van der Waals surface area (Å²) in [6.45, 7) is 4.17. The van der Waals surface area contributed by atoms with Crippen molar-refractivity contribution in [1.29, 1.82) is 0 Å². The molecule has 0 heterocycles. The summed E-state index contributed by atoms with van der Waals surface area (Å²) in [5.41, 5.74) is 5.85. The first-order chi connectivity index (χ1) is 9.03. The summed E-state index contributed by atoms with van der Waals surface area (Å²) in [5.74, 6) is 1.08. The summed E-state index contributed by atoms with van der Waals surface area (Å²) < 4.78 is 5.07. The van der Waals surface area contributed by atoms with E-state index in [1.54, 1.807) is 7.11 Å². The number of nitrogens with two attached hydrogens (primary N) is 1. The summed E-state index contributed by atoms with van der Waals surface area (Å²) >= 11 is 0. The molecule has 0 saturated carbocycles. The molecule has 4 N–H and O–H groups in total. The highest BCUT2D eigenvalue weighted by molar-refractivity contribution is 5.92. The Labute approximate surface area is 114 Å². The molecular formula is C14H23N3O2. The topological polar surface area (TPSA) is 79.9 Å². The number of nitrogens with zero attached hydrogens (tertiary/aromatic N) is 1. The lowest BCUT2D eigenvalue weighted by Gasteiger charge is -2.22. The highest BCUT2D eigenvalue weighted by Crippen LogP contribution is 2.16. The number of aliphatic imine (C=N–C) groups is 1. The summed E-state index contributed by atoms with van der Waals surface area (Å²) in [7, 11) is 1.62. The Morgan fingerprint density at radius 2 is 1.89 bits per heavy atom. The molecule has 106 valence electrons. The van der Waals surface area contributed by atoms with Crippen molar-refractivity contribution in [1.82, 2.24) is 0 Å². The second-order valence-electron chi connectivity index (χ2n) is 4.49. The molecule has 0 aromatic heterocycles. The van der Waals surface area contributed by atoms with Crippen LogP contribution in [-0.4, -0.2) is 30.3 Å². The number of rotatable bonds is 6.